The Morgan fingerprint density at radius 3 is 2.62 bits per heavy atom. The number of hydrogen-bond donors (Lipinski definition) is 3. The van der Waals surface area contributed by atoms with Gasteiger partial charge in [0.2, 0.25) is 0 Å². The zero-order chi connectivity index (χ0) is 23.2. The van der Waals surface area contributed by atoms with Crippen molar-refractivity contribution in [3.63, 3.8) is 0 Å². The van der Waals surface area contributed by atoms with E-state index in [0.717, 1.165) is 69.1 Å². The van der Waals surface area contributed by atoms with Crippen molar-refractivity contribution in [2.24, 2.45) is 17.8 Å². The molecule has 6 rings (SSSR count). The van der Waals surface area contributed by atoms with E-state index in [9.17, 15) is 10.2 Å². The summed E-state index contributed by atoms with van der Waals surface area (Å²) in [6, 6.07) is 0.805. The number of allylic oxidation sites excluding steroid dienone is 2. The number of morpholine rings is 1. The van der Waals surface area contributed by atoms with Crippen LogP contribution in [0.5, 0.6) is 0 Å². The van der Waals surface area contributed by atoms with Crippen LogP contribution in [0, 0.1) is 17.8 Å². The van der Waals surface area contributed by atoms with Crippen LogP contribution in [0.15, 0.2) is 11.0 Å². The Balaban J connectivity index is 0.977. The molecule has 5 fully saturated rings. The van der Waals surface area contributed by atoms with Gasteiger partial charge in [-0.2, -0.15) is 0 Å². The van der Waals surface area contributed by atoms with Crippen molar-refractivity contribution in [3.05, 3.63) is 11.0 Å². The highest BCUT2D eigenvalue weighted by atomic mass is 32.2. The monoisotopic (exact) mass is 491 g/mol. The summed E-state index contributed by atoms with van der Waals surface area (Å²) in [6.07, 6.45) is 17.1. The van der Waals surface area contributed by atoms with Crippen molar-refractivity contribution in [2.75, 3.05) is 39.4 Å². The average molecular weight is 492 g/mol. The van der Waals surface area contributed by atoms with Gasteiger partial charge in [0.1, 0.15) is 6.23 Å². The Bertz CT molecular complexity index is 751. The molecule has 6 aliphatic rings. The second kappa shape index (κ2) is 9.96. The first-order valence-electron chi connectivity index (χ1n) is 14.1. The fourth-order valence-corrected chi connectivity index (χ4v) is 8.78. The van der Waals surface area contributed by atoms with E-state index in [1.165, 1.54) is 57.9 Å². The lowest BCUT2D eigenvalue weighted by Gasteiger charge is -2.51. The average Bonchev–Trinajstić information content (AvgIpc) is 3.69. The molecule has 6 nitrogen and oxygen atoms in total. The van der Waals surface area contributed by atoms with E-state index in [4.69, 9.17) is 4.74 Å². The van der Waals surface area contributed by atoms with Crippen molar-refractivity contribution < 1.29 is 14.9 Å². The van der Waals surface area contributed by atoms with E-state index >= 15 is 0 Å². The number of nitrogens with zero attached hydrogens (tertiary/aromatic N) is 2. The van der Waals surface area contributed by atoms with Gasteiger partial charge >= 0.3 is 0 Å². The minimum absolute atomic E-state index is 0.149. The number of fused-ring (bicyclic) bond motifs is 1. The van der Waals surface area contributed by atoms with Crippen molar-refractivity contribution >= 4 is 11.9 Å². The molecular weight excluding hydrogens is 446 g/mol. The molecule has 0 radical (unpaired) electrons. The molecule has 3 saturated heterocycles. The van der Waals surface area contributed by atoms with E-state index in [2.05, 4.69) is 20.6 Å². The van der Waals surface area contributed by atoms with Crippen molar-refractivity contribution in [3.8, 4) is 0 Å². The minimum Gasteiger partial charge on any atom is -0.394 e. The van der Waals surface area contributed by atoms with Crippen molar-refractivity contribution in [2.45, 2.75) is 100 Å². The Labute approximate surface area is 210 Å². The molecule has 2 saturated carbocycles. The zero-order valence-electron chi connectivity index (χ0n) is 20.8. The summed E-state index contributed by atoms with van der Waals surface area (Å²) >= 11 is 2.00. The van der Waals surface area contributed by atoms with Gasteiger partial charge < -0.3 is 20.3 Å². The first-order chi connectivity index (χ1) is 16.6. The van der Waals surface area contributed by atoms with Crippen molar-refractivity contribution in [1.29, 1.82) is 0 Å². The molecule has 5 unspecified atom stereocenters. The molecule has 0 amide bonds. The third-order valence-electron chi connectivity index (χ3n) is 10.2. The molecule has 0 bridgehead atoms. The smallest absolute Gasteiger partial charge is 0.131 e. The van der Waals surface area contributed by atoms with E-state index in [-0.39, 0.29) is 17.7 Å². The highest BCUT2D eigenvalue weighted by molar-refractivity contribution is 8.00. The van der Waals surface area contributed by atoms with Gasteiger partial charge in [0, 0.05) is 31.2 Å². The maximum atomic E-state index is 10.5. The predicted octanol–water partition coefficient (Wildman–Crippen LogP) is 3.50. The Morgan fingerprint density at radius 2 is 1.88 bits per heavy atom. The number of ether oxygens (including phenoxy) is 1. The van der Waals surface area contributed by atoms with Gasteiger partial charge in [0.05, 0.1) is 18.8 Å². The van der Waals surface area contributed by atoms with Gasteiger partial charge in [-0.1, -0.05) is 6.08 Å². The van der Waals surface area contributed by atoms with Crippen LogP contribution < -0.4 is 5.32 Å². The summed E-state index contributed by atoms with van der Waals surface area (Å²) in [7, 11) is 0. The Kier molecular flexibility index (Phi) is 7.09. The number of aliphatic hydroxyl groups excluding tert-OH is 2. The third kappa shape index (κ3) is 4.88. The van der Waals surface area contributed by atoms with Crippen LogP contribution >= 0.6 is 11.9 Å². The second-order valence-electron chi connectivity index (χ2n) is 12.2. The lowest BCUT2D eigenvalue weighted by molar-refractivity contribution is -0.215. The van der Waals surface area contributed by atoms with Crippen molar-refractivity contribution in [1.82, 2.24) is 14.5 Å². The largest absolute Gasteiger partial charge is 0.394 e. The number of aliphatic hydroxyl groups is 2. The maximum absolute atomic E-state index is 10.5. The summed E-state index contributed by atoms with van der Waals surface area (Å²) in [5.41, 5.74) is -0.336. The molecule has 3 aliphatic heterocycles. The molecule has 3 N–H and O–H groups in total. The first kappa shape index (κ1) is 24.2. The quantitative estimate of drug-likeness (QED) is 0.509. The molecule has 1 spiro atoms. The molecule has 0 aromatic rings. The van der Waals surface area contributed by atoms with Gasteiger partial charge in [-0.25, -0.2) is 4.31 Å². The van der Waals surface area contributed by atoms with Crippen LogP contribution in [0.4, 0.5) is 0 Å². The molecule has 34 heavy (non-hydrogen) atoms. The molecule has 7 heteroatoms. The predicted molar refractivity (Wildman–Crippen MR) is 136 cm³/mol. The third-order valence-corrected chi connectivity index (χ3v) is 11.5. The number of piperidine rings is 2. The molecule has 3 heterocycles. The molecular formula is C27H45N3O3S. The fraction of sp³-hybridized carbons (Fsp3) is 0.926. The van der Waals surface area contributed by atoms with Crippen LogP contribution in [-0.2, 0) is 4.74 Å². The molecule has 0 aromatic carbocycles. The van der Waals surface area contributed by atoms with Gasteiger partial charge in [-0.05, 0) is 118 Å². The normalized spacial score (nSPS) is 40.5. The summed E-state index contributed by atoms with van der Waals surface area (Å²) in [6.45, 7) is 4.60. The minimum atomic E-state index is -0.572. The lowest BCUT2D eigenvalue weighted by atomic mass is 9.68. The van der Waals surface area contributed by atoms with E-state index in [1.54, 1.807) is 4.91 Å². The SMILES string of the molecule is OCC1(N2CC3(CCN(SC4=CCC(C5CCC6CCCNC6C5)CC4)CC3)OCC2O)CC1. The van der Waals surface area contributed by atoms with Crippen LogP contribution in [0.2, 0.25) is 0 Å². The highest BCUT2D eigenvalue weighted by Gasteiger charge is 2.55. The van der Waals surface area contributed by atoms with E-state index < -0.39 is 6.23 Å². The van der Waals surface area contributed by atoms with Crippen LogP contribution in [0.3, 0.4) is 0 Å². The van der Waals surface area contributed by atoms with Crippen LogP contribution in [0.25, 0.3) is 0 Å². The fourth-order valence-electron chi connectivity index (χ4n) is 7.70. The van der Waals surface area contributed by atoms with Crippen LogP contribution in [-0.4, -0.2) is 82.2 Å². The topological polar surface area (TPSA) is 68.2 Å². The number of nitrogens with one attached hydrogen (secondary N) is 1. The van der Waals surface area contributed by atoms with E-state index in [0.29, 0.717) is 6.61 Å². The number of rotatable bonds is 5. The highest BCUT2D eigenvalue weighted by Crippen LogP contribution is 2.47. The summed E-state index contributed by atoms with van der Waals surface area (Å²) < 4.78 is 8.79. The molecule has 192 valence electrons. The van der Waals surface area contributed by atoms with E-state index in [1.807, 2.05) is 11.9 Å². The maximum Gasteiger partial charge on any atom is 0.131 e. The van der Waals surface area contributed by atoms with Gasteiger partial charge in [-0.15, -0.1) is 0 Å². The summed E-state index contributed by atoms with van der Waals surface area (Å²) in [5.74, 6) is 2.78. The lowest BCUT2D eigenvalue weighted by Crippen LogP contribution is -2.63. The second-order valence-corrected chi connectivity index (χ2v) is 13.5. The van der Waals surface area contributed by atoms with Gasteiger partial charge in [0.15, 0.2) is 0 Å². The Hall–Kier alpha value is -0.150. The molecule has 3 aliphatic carbocycles. The first-order valence-corrected chi connectivity index (χ1v) is 14.9. The molecule has 0 aromatic heterocycles. The number of hydrogen-bond acceptors (Lipinski definition) is 7. The standard InChI is InChI=1S/C27H45N3O3S/c31-19-26(9-10-26)30-18-27(33-17-25(30)32)11-14-29(15-12-27)34-23-7-5-20(6-8-23)22-4-3-21-2-1-13-28-24(21)16-22/h7,20-22,24-25,28,31-32H,1-6,8-19H2. The summed E-state index contributed by atoms with van der Waals surface area (Å²) in [4.78, 5) is 3.73. The molecule has 5 atom stereocenters. The summed E-state index contributed by atoms with van der Waals surface area (Å²) in [5, 5.41) is 24.2. The Morgan fingerprint density at radius 1 is 1.06 bits per heavy atom. The van der Waals surface area contributed by atoms with Gasteiger partial charge in [0.25, 0.3) is 0 Å². The zero-order valence-corrected chi connectivity index (χ0v) is 21.6. The van der Waals surface area contributed by atoms with Gasteiger partial charge in [-0.3, -0.25) is 4.90 Å². The van der Waals surface area contributed by atoms with Crippen LogP contribution in [0.1, 0.15) is 77.0 Å².